The second-order valence-corrected chi connectivity index (χ2v) is 8.42. The Morgan fingerprint density at radius 2 is 1.81 bits per heavy atom. The van der Waals surface area contributed by atoms with Gasteiger partial charge in [0.15, 0.2) is 0 Å². The molecule has 136 valence electrons. The van der Waals surface area contributed by atoms with Crippen LogP contribution in [0.3, 0.4) is 0 Å². The van der Waals surface area contributed by atoms with Crippen LogP contribution in [0.1, 0.15) is 23.1 Å². The van der Waals surface area contributed by atoms with Gasteiger partial charge >= 0.3 is 0 Å². The van der Waals surface area contributed by atoms with Crippen LogP contribution in [0.25, 0.3) is 0 Å². The Morgan fingerprint density at radius 1 is 1.08 bits per heavy atom. The molecule has 4 rings (SSSR count). The van der Waals surface area contributed by atoms with E-state index in [-0.39, 0.29) is 11.3 Å². The van der Waals surface area contributed by atoms with Gasteiger partial charge in [0.1, 0.15) is 0 Å². The Kier molecular flexibility index (Phi) is 4.76. The fraction of sp³-hybridized carbons (Fsp3) is 0.409. The van der Waals surface area contributed by atoms with Gasteiger partial charge in [-0.25, -0.2) is 0 Å². The number of fused-ring (bicyclic) bond motifs is 1. The molecule has 26 heavy (non-hydrogen) atoms. The number of carbonyl (C=O) groups is 1. The van der Waals surface area contributed by atoms with Crippen LogP contribution < -0.4 is 0 Å². The lowest BCUT2D eigenvalue weighted by Crippen LogP contribution is -2.42. The van der Waals surface area contributed by atoms with Crippen molar-refractivity contribution in [3.05, 3.63) is 70.2 Å². The number of rotatable bonds is 2. The quantitative estimate of drug-likeness (QED) is 0.805. The van der Waals surface area contributed by atoms with E-state index in [0.717, 1.165) is 38.0 Å². The van der Waals surface area contributed by atoms with E-state index in [1.165, 1.54) is 11.1 Å². The summed E-state index contributed by atoms with van der Waals surface area (Å²) in [6, 6.07) is 16.2. The van der Waals surface area contributed by atoms with Crippen molar-refractivity contribution in [1.29, 1.82) is 0 Å². The molecule has 0 N–H and O–H groups in total. The van der Waals surface area contributed by atoms with Gasteiger partial charge in [0, 0.05) is 30.1 Å². The van der Waals surface area contributed by atoms with E-state index in [0.29, 0.717) is 18.0 Å². The van der Waals surface area contributed by atoms with E-state index >= 15 is 0 Å². The molecule has 4 heteroatoms. The normalized spacial score (nSPS) is 23.1. The number of hydrogen-bond acceptors (Lipinski definition) is 2. The van der Waals surface area contributed by atoms with Crippen LogP contribution in [-0.4, -0.2) is 42.4 Å². The Morgan fingerprint density at radius 3 is 2.50 bits per heavy atom. The van der Waals surface area contributed by atoms with Gasteiger partial charge in [0.2, 0.25) is 5.91 Å². The molecule has 2 aromatic carbocycles. The van der Waals surface area contributed by atoms with Crippen molar-refractivity contribution in [1.82, 2.24) is 9.80 Å². The average molecular weight is 369 g/mol. The number of benzene rings is 2. The van der Waals surface area contributed by atoms with Gasteiger partial charge in [0.25, 0.3) is 0 Å². The number of nitrogens with zero attached hydrogens (tertiary/aromatic N) is 2. The van der Waals surface area contributed by atoms with E-state index in [9.17, 15) is 4.79 Å². The third-order valence-electron chi connectivity index (χ3n) is 5.82. The molecule has 0 aromatic heterocycles. The summed E-state index contributed by atoms with van der Waals surface area (Å²) in [6.07, 6.45) is 2.66. The van der Waals surface area contributed by atoms with Gasteiger partial charge in [0.05, 0.1) is 6.42 Å². The molecule has 0 bridgehead atoms. The topological polar surface area (TPSA) is 23.6 Å². The van der Waals surface area contributed by atoms with Gasteiger partial charge in [-0.15, -0.1) is 0 Å². The van der Waals surface area contributed by atoms with Crippen molar-refractivity contribution in [3.63, 3.8) is 0 Å². The van der Waals surface area contributed by atoms with Crippen LogP contribution in [0.4, 0.5) is 0 Å². The summed E-state index contributed by atoms with van der Waals surface area (Å²) < 4.78 is 0. The van der Waals surface area contributed by atoms with Crippen molar-refractivity contribution >= 4 is 17.5 Å². The smallest absolute Gasteiger partial charge is 0.227 e. The minimum absolute atomic E-state index is 0.178. The van der Waals surface area contributed by atoms with E-state index < -0.39 is 0 Å². The summed E-state index contributed by atoms with van der Waals surface area (Å²) in [5, 5.41) is 0.706. The van der Waals surface area contributed by atoms with Gasteiger partial charge in [-0.3, -0.25) is 4.79 Å². The lowest BCUT2D eigenvalue weighted by molar-refractivity contribution is -0.132. The molecule has 1 saturated heterocycles. The molecular weight excluding hydrogens is 344 g/mol. The highest BCUT2D eigenvalue weighted by molar-refractivity contribution is 6.30. The van der Waals surface area contributed by atoms with Crippen LogP contribution in [0.15, 0.2) is 48.5 Å². The SMILES string of the molecule is CN1CCC2(Cc3ccccc3CN(C(=O)Cc3ccc(Cl)cc3)C2)C1. The van der Waals surface area contributed by atoms with Crippen LogP contribution in [-0.2, 0) is 24.2 Å². The fourth-order valence-corrected chi connectivity index (χ4v) is 4.63. The van der Waals surface area contributed by atoms with Crippen LogP contribution >= 0.6 is 11.6 Å². The molecule has 1 atom stereocenters. The maximum Gasteiger partial charge on any atom is 0.227 e. The highest BCUT2D eigenvalue weighted by Gasteiger charge is 2.41. The zero-order chi connectivity index (χ0) is 18.1. The Balaban J connectivity index is 1.60. The monoisotopic (exact) mass is 368 g/mol. The molecular formula is C22H25ClN2O. The second kappa shape index (κ2) is 7.05. The van der Waals surface area contributed by atoms with Crippen LogP contribution in [0, 0.1) is 5.41 Å². The molecule has 0 radical (unpaired) electrons. The van der Waals surface area contributed by atoms with Crippen molar-refractivity contribution < 1.29 is 4.79 Å². The molecule has 1 amide bonds. The molecule has 2 aliphatic heterocycles. The van der Waals surface area contributed by atoms with E-state index in [4.69, 9.17) is 11.6 Å². The first-order valence-corrected chi connectivity index (χ1v) is 9.68. The first-order valence-electron chi connectivity index (χ1n) is 9.31. The third kappa shape index (κ3) is 3.65. The lowest BCUT2D eigenvalue weighted by Gasteiger charge is -2.33. The fourth-order valence-electron chi connectivity index (χ4n) is 4.51. The van der Waals surface area contributed by atoms with Gasteiger partial charge in [-0.2, -0.15) is 0 Å². The average Bonchev–Trinajstić information content (AvgIpc) is 2.89. The minimum Gasteiger partial charge on any atom is -0.337 e. The second-order valence-electron chi connectivity index (χ2n) is 7.99. The molecule has 0 saturated carbocycles. The molecule has 2 aromatic rings. The predicted molar refractivity (Wildman–Crippen MR) is 105 cm³/mol. The summed E-state index contributed by atoms with van der Waals surface area (Å²) in [5.74, 6) is 0.206. The van der Waals surface area contributed by atoms with Crippen LogP contribution in [0.5, 0.6) is 0 Å². The summed E-state index contributed by atoms with van der Waals surface area (Å²) in [6.45, 7) is 3.74. The molecule has 1 spiro atoms. The minimum atomic E-state index is 0.178. The summed E-state index contributed by atoms with van der Waals surface area (Å²) in [7, 11) is 2.19. The van der Waals surface area contributed by atoms with E-state index in [2.05, 4.69) is 41.1 Å². The molecule has 0 aliphatic carbocycles. The maximum absolute atomic E-state index is 13.1. The number of halogens is 1. The Labute approximate surface area is 160 Å². The highest BCUT2D eigenvalue weighted by atomic mass is 35.5. The number of amides is 1. The highest BCUT2D eigenvalue weighted by Crippen LogP contribution is 2.38. The summed E-state index contributed by atoms with van der Waals surface area (Å²) >= 11 is 5.97. The van der Waals surface area contributed by atoms with Gasteiger partial charge in [-0.05, 0) is 55.3 Å². The van der Waals surface area contributed by atoms with E-state index in [1.54, 1.807) is 0 Å². The predicted octanol–water partition coefficient (Wildman–Crippen LogP) is 3.79. The maximum atomic E-state index is 13.1. The lowest BCUT2D eigenvalue weighted by atomic mass is 9.80. The molecule has 3 nitrogen and oxygen atoms in total. The molecule has 1 unspecified atom stereocenters. The van der Waals surface area contributed by atoms with Gasteiger partial charge in [-0.1, -0.05) is 48.0 Å². The Hall–Kier alpha value is -1.84. The van der Waals surface area contributed by atoms with Crippen molar-refractivity contribution in [2.75, 3.05) is 26.7 Å². The summed E-state index contributed by atoms with van der Waals surface area (Å²) in [4.78, 5) is 17.6. The first-order chi connectivity index (χ1) is 12.5. The summed E-state index contributed by atoms with van der Waals surface area (Å²) in [5.41, 5.74) is 3.90. The first kappa shape index (κ1) is 17.6. The third-order valence-corrected chi connectivity index (χ3v) is 6.07. The standard InChI is InChI=1S/C22H25ClN2O/c1-24-11-10-22(15-24)13-18-4-2-3-5-19(18)14-25(16-22)21(26)12-17-6-8-20(23)9-7-17/h2-9H,10-16H2,1H3. The molecule has 2 heterocycles. The molecule has 1 fully saturated rings. The van der Waals surface area contributed by atoms with Crippen LogP contribution in [0.2, 0.25) is 5.02 Å². The molecule has 2 aliphatic rings. The van der Waals surface area contributed by atoms with Crippen molar-refractivity contribution in [3.8, 4) is 0 Å². The van der Waals surface area contributed by atoms with Crippen molar-refractivity contribution in [2.45, 2.75) is 25.8 Å². The van der Waals surface area contributed by atoms with E-state index in [1.807, 2.05) is 24.3 Å². The zero-order valence-corrected chi connectivity index (χ0v) is 16.0. The van der Waals surface area contributed by atoms with Gasteiger partial charge < -0.3 is 9.80 Å². The number of carbonyl (C=O) groups excluding carboxylic acids is 1. The Bertz CT molecular complexity index is 804. The largest absolute Gasteiger partial charge is 0.337 e. The number of likely N-dealkylation sites (tertiary alicyclic amines) is 1. The number of hydrogen-bond donors (Lipinski definition) is 0. The van der Waals surface area contributed by atoms with Crippen molar-refractivity contribution in [2.24, 2.45) is 5.41 Å². The zero-order valence-electron chi connectivity index (χ0n) is 15.2.